The van der Waals surface area contributed by atoms with Crippen LogP contribution in [0, 0.1) is 25.6 Å². The first-order valence-corrected chi connectivity index (χ1v) is 5.67. The molecule has 0 radical (unpaired) electrons. The van der Waals surface area contributed by atoms with Crippen LogP contribution in [0.25, 0.3) is 0 Å². The fourth-order valence-corrected chi connectivity index (χ4v) is 1.61. The van der Waals surface area contributed by atoms with Crippen molar-refractivity contribution in [2.24, 2.45) is 0 Å². The summed E-state index contributed by atoms with van der Waals surface area (Å²) in [6.07, 6.45) is 1.05. The quantitative estimate of drug-likeness (QED) is 0.844. The van der Waals surface area contributed by atoms with Crippen molar-refractivity contribution in [3.8, 4) is 0 Å². The van der Waals surface area contributed by atoms with Crippen LogP contribution in [0.15, 0.2) is 30.5 Å². The van der Waals surface area contributed by atoms with Crippen molar-refractivity contribution in [1.82, 2.24) is 4.98 Å². The number of benzene rings is 1. The number of carbonyl (C=O) groups is 1. The van der Waals surface area contributed by atoms with Gasteiger partial charge in [-0.2, -0.15) is 4.39 Å². The van der Waals surface area contributed by atoms with Crippen molar-refractivity contribution in [3.05, 3.63) is 58.9 Å². The normalized spacial score (nSPS) is 10.3. The monoisotopic (exact) mass is 262 g/mol. The average Bonchev–Trinajstić information content (AvgIpc) is 2.37. The molecule has 19 heavy (non-hydrogen) atoms. The van der Waals surface area contributed by atoms with Crippen molar-refractivity contribution in [2.75, 3.05) is 5.32 Å². The number of halogens is 2. The average molecular weight is 262 g/mol. The molecule has 1 aromatic carbocycles. The van der Waals surface area contributed by atoms with E-state index in [2.05, 4.69) is 10.3 Å². The molecule has 0 fully saturated rings. The van der Waals surface area contributed by atoms with Crippen molar-refractivity contribution in [3.63, 3.8) is 0 Å². The second-order valence-corrected chi connectivity index (χ2v) is 4.22. The van der Waals surface area contributed by atoms with Crippen LogP contribution in [0.4, 0.5) is 14.5 Å². The van der Waals surface area contributed by atoms with Crippen LogP contribution in [0.1, 0.15) is 21.5 Å². The van der Waals surface area contributed by atoms with Gasteiger partial charge < -0.3 is 5.32 Å². The molecule has 0 aliphatic heterocycles. The van der Waals surface area contributed by atoms with E-state index in [0.29, 0.717) is 5.69 Å². The Hall–Kier alpha value is -2.30. The van der Waals surface area contributed by atoms with E-state index < -0.39 is 17.7 Å². The van der Waals surface area contributed by atoms with Gasteiger partial charge in [-0.15, -0.1) is 0 Å². The third-order valence-electron chi connectivity index (χ3n) is 2.86. The fraction of sp³-hybridized carbons (Fsp3) is 0.143. The van der Waals surface area contributed by atoms with Gasteiger partial charge in [0.25, 0.3) is 5.91 Å². The first kappa shape index (κ1) is 13.1. The van der Waals surface area contributed by atoms with Gasteiger partial charge in [-0.3, -0.25) is 4.79 Å². The largest absolute Gasteiger partial charge is 0.322 e. The van der Waals surface area contributed by atoms with Gasteiger partial charge in [-0.1, -0.05) is 6.07 Å². The maximum atomic E-state index is 13.4. The lowest BCUT2D eigenvalue weighted by atomic mass is 10.1. The van der Waals surface area contributed by atoms with Gasteiger partial charge in [0.05, 0.1) is 5.56 Å². The maximum Gasteiger partial charge on any atom is 0.258 e. The third-order valence-corrected chi connectivity index (χ3v) is 2.86. The summed E-state index contributed by atoms with van der Waals surface area (Å²) in [5.41, 5.74) is 2.24. The highest BCUT2D eigenvalue weighted by Gasteiger charge is 2.16. The number of hydrogen-bond donors (Lipinski definition) is 1. The molecule has 2 aromatic rings. The standard InChI is InChI=1S/C14H12F2N2O/c1-8-3-4-10(7-9(8)2)18-14(19)11-5-6-17-13(16)12(11)15/h3-7H,1-2H3,(H,18,19). The van der Waals surface area contributed by atoms with E-state index in [0.717, 1.165) is 23.4 Å². The number of anilines is 1. The Bertz CT molecular complexity index is 641. The van der Waals surface area contributed by atoms with Crippen molar-refractivity contribution in [1.29, 1.82) is 0 Å². The van der Waals surface area contributed by atoms with Crippen molar-refractivity contribution >= 4 is 11.6 Å². The zero-order chi connectivity index (χ0) is 14.0. The zero-order valence-electron chi connectivity index (χ0n) is 10.5. The Labute approximate surface area is 109 Å². The molecule has 1 N–H and O–H groups in total. The summed E-state index contributed by atoms with van der Waals surface area (Å²) >= 11 is 0. The Balaban J connectivity index is 2.26. The highest BCUT2D eigenvalue weighted by Crippen LogP contribution is 2.16. The Morgan fingerprint density at radius 3 is 2.58 bits per heavy atom. The molecule has 1 heterocycles. The van der Waals surface area contributed by atoms with Gasteiger partial charge >= 0.3 is 0 Å². The molecular weight excluding hydrogens is 250 g/mol. The molecule has 98 valence electrons. The molecule has 2 rings (SSSR count). The Morgan fingerprint density at radius 2 is 1.89 bits per heavy atom. The molecule has 0 aliphatic carbocycles. The van der Waals surface area contributed by atoms with Crippen LogP contribution in [0.3, 0.4) is 0 Å². The smallest absolute Gasteiger partial charge is 0.258 e. The van der Waals surface area contributed by atoms with E-state index >= 15 is 0 Å². The molecule has 5 heteroatoms. The van der Waals surface area contributed by atoms with E-state index in [4.69, 9.17) is 0 Å². The minimum absolute atomic E-state index is 0.370. The number of amides is 1. The van der Waals surface area contributed by atoms with Crippen LogP contribution in [-0.4, -0.2) is 10.9 Å². The van der Waals surface area contributed by atoms with Gasteiger partial charge in [0.2, 0.25) is 5.95 Å². The predicted octanol–water partition coefficient (Wildman–Crippen LogP) is 3.23. The lowest BCUT2D eigenvalue weighted by molar-refractivity contribution is 0.102. The molecule has 0 bridgehead atoms. The summed E-state index contributed by atoms with van der Waals surface area (Å²) in [5, 5.41) is 2.52. The van der Waals surface area contributed by atoms with Crippen LogP contribution >= 0.6 is 0 Å². The second kappa shape index (κ2) is 5.14. The summed E-state index contributed by atoms with van der Waals surface area (Å²) in [6, 6.07) is 6.45. The SMILES string of the molecule is Cc1ccc(NC(=O)c2ccnc(F)c2F)cc1C. The second-order valence-electron chi connectivity index (χ2n) is 4.22. The summed E-state index contributed by atoms with van der Waals surface area (Å²) in [7, 11) is 0. The van der Waals surface area contributed by atoms with E-state index in [-0.39, 0.29) is 5.56 Å². The van der Waals surface area contributed by atoms with Crippen molar-refractivity contribution in [2.45, 2.75) is 13.8 Å². The lowest BCUT2D eigenvalue weighted by Gasteiger charge is -2.08. The summed E-state index contributed by atoms with van der Waals surface area (Å²) in [5.74, 6) is -3.24. The van der Waals surface area contributed by atoms with E-state index in [9.17, 15) is 13.6 Å². The molecule has 0 atom stereocenters. The van der Waals surface area contributed by atoms with Gasteiger partial charge in [-0.05, 0) is 43.2 Å². The molecule has 0 saturated carbocycles. The van der Waals surface area contributed by atoms with Gasteiger partial charge in [0, 0.05) is 11.9 Å². The minimum Gasteiger partial charge on any atom is -0.322 e. The van der Waals surface area contributed by atoms with Crippen LogP contribution < -0.4 is 5.32 Å². The Kier molecular flexibility index (Phi) is 3.55. The number of carbonyl (C=O) groups excluding carboxylic acids is 1. The molecular formula is C14H12F2N2O. The van der Waals surface area contributed by atoms with Gasteiger partial charge in [0.15, 0.2) is 5.82 Å². The highest BCUT2D eigenvalue weighted by molar-refractivity contribution is 6.04. The lowest BCUT2D eigenvalue weighted by Crippen LogP contribution is -2.15. The number of pyridine rings is 1. The Morgan fingerprint density at radius 1 is 1.16 bits per heavy atom. The maximum absolute atomic E-state index is 13.4. The highest BCUT2D eigenvalue weighted by atomic mass is 19.2. The van der Waals surface area contributed by atoms with Crippen LogP contribution in [-0.2, 0) is 0 Å². The third kappa shape index (κ3) is 2.76. The number of rotatable bonds is 2. The molecule has 0 unspecified atom stereocenters. The van der Waals surface area contributed by atoms with E-state index in [1.807, 2.05) is 19.9 Å². The first-order chi connectivity index (χ1) is 8.99. The number of nitrogens with one attached hydrogen (secondary N) is 1. The molecule has 0 saturated heterocycles. The number of aromatic nitrogens is 1. The fourth-order valence-electron chi connectivity index (χ4n) is 1.61. The van der Waals surface area contributed by atoms with Crippen LogP contribution in [0.5, 0.6) is 0 Å². The minimum atomic E-state index is -1.28. The van der Waals surface area contributed by atoms with Gasteiger partial charge in [-0.25, -0.2) is 9.37 Å². The summed E-state index contributed by atoms with van der Waals surface area (Å²) in [6.45, 7) is 3.84. The van der Waals surface area contributed by atoms with Gasteiger partial charge in [0.1, 0.15) is 0 Å². The summed E-state index contributed by atoms with van der Waals surface area (Å²) < 4.78 is 26.3. The summed E-state index contributed by atoms with van der Waals surface area (Å²) in [4.78, 5) is 15.0. The van der Waals surface area contributed by atoms with Crippen LogP contribution in [0.2, 0.25) is 0 Å². The van der Waals surface area contributed by atoms with E-state index in [1.54, 1.807) is 12.1 Å². The van der Waals surface area contributed by atoms with Crippen molar-refractivity contribution < 1.29 is 13.6 Å². The number of nitrogens with zero attached hydrogens (tertiary/aromatic N) is 1. The molecule has 0 aliphatic rings. The first-order valence-electron chi connectivity index (χ1n) is 5.67. The zero-order valence-corrected chi connectivity index (χ0v) is 10.5. The number of aryl methyl sites for hydroxylation is 2. The molecule has 3 nitrogen and oxygen atoms in total. The van der Waals surface area contributed by atoms with E-state index in [1.165, 1.54) is 0 Å². The molecule has 1 aromatic heterocycles. The molecule has 0 spiro atoms. The molecule has 1 amide bonds. The predicted molar refractivity (Wildman–Crippen MR) is 68.0 cm³/mol. The topological polar surface area (TPSA) is 42.0 Å². The number of hydrogen-bond acceptors (Lipinski definition) is 2.